The first-order valence-electron chi connectivity index (χ1n) is 5.36. The van der Waals surface area contributed by atoms with E-state index in [1.54, 1.807) is 7.11 Å². The fourth-order valence-corrected chi connectivity index (χ4v) is 1.76. The summed E-state index contributed by atoms with van der Waals surface area (Å²) >= 11 is 1.42. The first kappa shape index (κ1) is 13.9. The molecular weight excluding hydrogens is 238 g/mol. The third-order valence-electron chi connectivity index (χ3n) is 1.90. The van der Waals surface area contributed by atoms with Crippen LogP contribution in [0.1, 0.15) is 6.92 Å². The number of hydrogen-bond donors (Lipinski definition) is 1. The van der Waals surface area contributed by atoms with Gasteiger partial charge in [0.15, 0.2) is 0 Å². The Morgan fingerprint density at radius 2 is 2.18 bits per heavy atom. The number of anilines is 1. The van der Waals surface area contributed by atoms with Gasteiger partial charge in [-0.2, -0.15) is 0 Å². The lowest BCUT2D eigenvalue weighted by Crippen LogP contribution is -2.15. The minimum absolute atomic E-state index is 0.0563. The highest BCUT2D eigenvalue weighted by atomic mass is 32.2. The molecule has 0 heterocycles. The highest BCUT2D eigenvalue weighted by Gasteiger charge is 2.06. The number of nitrogens with one attached hydrogen (secondary N) is 1. The minimum atomic E-state index is -0.0563. The van der Waals surface area contributed by atoms with Gasteiger partial charge in [-0.05, 0) is 19.1 Å². The number of para-hydroxylation sites is 2. The molecule has 0 aliphatic rings. The van der Waals surface area contributed by atoms with Gasteiger partial charge in [0, 0.05) is 7.11 Å². The zero-order chi connectivity index (χ0) is 12.5. The van der Waals surface area contributed by atoms with E-state index < -0.39 is 0 Å². The number of carbonyl (C=O) groups is 1. The standard InChI is InChI=1S/C12H17NO3S/c1-3-16-11-7-5-4-6-10(11)13-12(14)8-17-9-15-2/h4-7H,3,8-9H2,1-2H3,(H,13,14). The van der Waals surface area contributed by atoms with E-state index in [2.05, 4.69) is 5.32 Å². The number of carbonyl (C=O) groups excluding carboxylic acids is 1. The van der Waals surface area contributed by atoms with Crippen molar-refractivity contribution in [3.63, 3.8) is 0 Å². The third-order valence-corrected chi connectivity index (χ3v) is 2.76. The second-order valence-electron chi connectivity index (χ2n) is 3.23. The summed E-state index contributed by atoms with van der Waals surface area (Å²) < 4.78 is 10.3. The van der Waals surface area contributed by atoms with Gasteiger partial charge in [-0.25, -0.2) is 0 Å². The van der Waals surface area contributed by atoms with Gasteiger partial charge in [0.05, 0.1) is 24.0 Å². The van der Waals surface area contributed by atoms with E-state index in [0.29, 0.717) is 29.7 Å². The van der Waals surface area contributed by atoms with Crippen molar-refractivity contribution in [1.82, 2.24) is 0 Å². The van der Waals surface area contributed by atoms with Crippen LogP contribution in [0.5, 0.6) is 5.75 Å². The molecule has 0 spiro atoms. The van der Waals surface area contributed by atoms with Gasteiger partial charge in [0.25, 0.3) is 0 Å². The number of hydrogen-bond acceptors (Lipinski definition) is 4. The van der Waals surface area contributed by atoms with Gasteiger partial charge >= 0.3 is 0 Å². The van der Waals surface area contributed by atoms with Gasteiger partial charge in [-0.15, -0.1) is 11.8 Å². The van der Waals surface area contributed by atoms with Crippen molar-refractivity contribution < 1.29 is 14.3 Å². The highest BCUT2D eigenvalue weighted by molar-refractivity contribution is 7.99. The molecule has 0 fully saturated rings. The Morgan fingerprint density at radius 3 is 2.88 bits per heavy atom. The van der Waals surface area contributed by atoms with E-state index in [4.69, 9.17) is 9.47 Å². The second kappa shape index (κ2) is 7.97. The van der Waals surface area contributed by atoms with Crippen molar-refractivity contribution in [3.8, 4) is 5.75 Å². The summed E-state index contributed by atoms with van der Waals surface area (Å²) in [5.41, 5.74) is 0.706. The summed E-state index contributed by atoms with van der Waals surface area (Å²) in [6, 6.07) is 7.39. The van der Waals surface area contributed by atoms with Gasteiger partial charge < -0.3 is 14.8 Å². The molecule has 0 unspecified atom stereocenters. The molecule has 0 saturated carbocycles. The molecule has 0 saturated heterocycles. The molecule has 0 aliphatic heterocycles. The van der Waals surface area contributed by atoms with Crippen molar-refractivity contribution in [2.45, 2.75) is 6.92 Å². The first-order chi connectivity index (χ1) is 8.27. The third kappa shape index (κ3) is 5.10. The molecule has 0 aromatic heterocycles. The van der Waals surface area contributed by atoms with Crippen molar-refractivity contribution in [2.75, 3.05) is 30.7 Å². The molecule has 0 bridgehead atoms. The Hall–Kier alpha value is -1.20. The van der Waals surface area contributed by atoms with Crippen LogP contribution in [0.15, 0.2) is 24.3 Å². The van der Waals surface area contributed by atoms with Crippen LogP contribution in [0.3, 0.4) is 0 Å². The summed E-state index contributed by atoms with van der Waals surface area (Å²) in [6.07, 6.45) is 0. The zero-order valence-corrected chi connectivity index (χ0v) is 10.9. The van der Waals surface area contributed by atoms with E-state index in [1.807, 2.05) is 31.2 Å². The molecule has 1 aromatic rings. The average Bonchev–Trinajstić information content (AvgIpc) is 2.32. The summed E-state index contributed by atoms with van der Waals surface area (Å²) in [6.45, 7) is 2.48. The summed E-state index contributed by atoms with van der Waals surface area (Å²) in [7, 11) is 1.61. The number of ether oxygens (including phenoxy) is 2. The molecule has 0 aliphatic carbocycles. The molecule has 4 nitrogen and oxygen atoms in total. The number of benzene rings is 1. The van der Waals surface area contributed by atoms with Crippen LogP contribution in [0.25, 0.3) is 0 Å². The fraction of sp³-hybridized carbons (Fsp3) is 0.417. The normalized spacial score (nSPS) is 10.0. The lowest BCUT2D eigenvalue weighted by atomic mass is 10.3. The van der Waals surface area contributed by atoms with Crippen molar-refractivity contribution in [2.24, 2.45) is 0 Å². The number of amides is 1. The monoisotopic (exact) mass is 255 g/mol. The molecular formula is C12H17NO3S. The van der Waals surface area contributed by atoms with E-state index in [0.717, 1.165) is 0 Å². The van der Waals surface area contributed by atoms with Crippen molar-refractivity contribution in [3.05, 3.63) is 24.3 Å². The molecule has 5 heteroatoms. The van der Waals surface area contributed by atoms with Crippen LogP contribution < -0.4 is 10.1 Å². The zero-order valence-electron chi connectivity index (χ0n) is 10.1. The smallest absolute Gasteiger partial charge is 0.234 e. The lowest BCUT2D eigenvalue weighted by molar-refractivity contribution is -0.113. The maximum absolute atomic E-state index is 11.6. The number of rotatable bonds is 7. The topological polar surface area (TPSA) is 47.6 Å². The van der Waals surface area contributed by atoms with Gasteiger partial charge in [0.2, 0.25) is 5.91 Å². The Kier molecular flexibility index (Phi) is 6.50. The van der Waals surface area contributed by atoms with Crippen LogP contribution in [0.2, 0.25) is 0 Å². The molecule has 94 valence electrons. The summed E-state index contributed by atoms with van der Waals surface area (Å²) in [4.78, 5) is 11.6. The van der Waals surface area contributed by atoms with Crippen LogP contribution >= 0.6 is 11.8 Å². The lowest BCUT2D eigenvalue weighted by Gasteiger charge is -2.10. The maximum Gasteiger partial charge on any atom is 0.234 e. The predicted molar refractivity (Wildman–Crippen MR) is 70.6 cm³/mol. The number of methoxy groups -OCH3 is 1. The van der Waals surface area contributed by atoms with Crippen molar-refractivity contribution >= 4 is 23.4 Å². The summed E-state index contributed by atoms with van der Waals surface area (Å²) in [5.74, 6) is 1.52. The molecule has 1 N–H and O–H groups in total. The molecule has 1 amide bonds. The van der Waals surface area contributed by atoms with Crippen molar-refractivity contribution in [1.29, 1.82) is 0 Å². The van der Waals surface area contributed by atoms with Crippen LogP contribution in [0.4, 0.5) is 5.69 Å². The number of thioether (sulfide) groups is 1. The van der Waals surface area contributed by atoms with Gasteiger partial charge in [-0.3, -0.25) is 4.79 Å². The Bertz CT molecular complexity index is 357. The fourth-order valence-electron chi connectivity index (χ4n) is 1.26. The van der Waals surface area contributed by atoms with Crippen LogP contribution in [0, 0.1) is 0 Å². The maximum atomic E-state index is 11.6. The predicted octanol–water partition coefficient (Wildman–Crippen LogP) is 2.36. The molecule has 0 radical (unpaired) electrons. The first-order valence-corrected chi connectivity index (χ1v) is 6.51. The molecule has 1 rings (SSSR count). The summed E-state index contributed by atoms with van der Waals surface area (Å²) in [5, 5.41) is 2.81. The van der Waals surface area contributed by atoms with E-state index in [1.165, 1.54) is 11.8 Å². The quantitative estimate of drug-likeness (QED) is 0.600. The SMILES string of the molecule is CCOc1ccccc1NC(=O)CSCOC. The van der Waals surface area contributed by atoms with E-state index in [9.17, 15) is 4.79 Å². The highest BCUT2D eigenvalue weighted by Crippen LogP contribution is 2.23. The Balaban J connectivity index is 2.52. The van der Waals surface area contributed by atoms with E-state index in [-0.39, 0.29) is 5.91 Å². The average molecular weight is 255 g/mol. The Labute approximate surface area is 106 Å². The minimum Gasteiger partial charge on any atom is -0.492 e. The molecule has 0 atom stereocenters. The van der Waals surface area contributed by atoms with Gasteiger partial charge in [0.1, 0.15) is 5.75 Å². The Morgan fingerprint density at radius 1 is 1.41 bits per heavy atom. The van der Waals surface area contributed by atoms with Crippen LogP contribution in [-0.2, 0) is 9.53 Å². The van der Waals surface area contributed by atoms with E-state index >= 15 is 0 Å². The van der Waals surface area contributed by atoms with Gasteiger partial charge in [-0.1, -0.05) is 12.1 Å². The molecule has 1 aromatic carbocycles. The second-order valence-corrected chi connectivity index (χ2v) is 4.16. The van der Waals surface area contributed by atoms with Crippen LogP contribution in [-0.4, -0.2) is 31.3 Å². The largest absolute Gasteiger partial charge is 0.492 e. The molecule has 17 heavy (non-hydrogen) atoms.